The Labute approximate surface area is 208 Å². The highest BCUT2D eigenvalue weighted by molar-refractivity contribution is 8.24. The van der Waals surface area contributed by atoms with Crippen molar-refractivity contribution < 1.29 is 23.7 Å². The van der Waals surface area contributed by atoms with Gasteiger partial charge in [-0.3, -0.25) is 9.11 Å². The first-order valence-electron chi connectivity index (χ1n) is 11.7. The first-order chi connectivity index (χ1) is 16.4. The number of hydrogen-bond donors (Lipinski definition) is 5. The number of hydrogen-bond acceptors (Lipinski definition) is 8. The lowest BCUT2D eigenvalue weighted by Gasteiger charge is -2.37. The molecule has 2 heterocycles. The monoisotopic (exact) mass is 507 g/mol. The van der Waals surface area contributed by atoms with E-state index in [-0.39, 0.29) is 23.7 Å². The van der Waals surface area contributed by atoms with Crippen LogP contribution in [-0.2, 0) is 10.5 Å². The average Bonchev–Trinajstić information content (AvgIpc) is 2.79. The average molecular weight is 508 g/mol. The van der Waals surface area contributed by atoms with Gasteiger partial charge in [-0.05, 0) is 58.9 Å². The standard InChI is InChI=1S/C24H37N5O5S/c1-16(2)35(32,33)14-20-12-21(29-10-11-34-13-17(29)3)27-22(25-20)18-6-8-19(9-7-18)26-23(31)28-24(4,5)15-30/h6-9,12,16-17,30,32-33H,10-11,13-15H2,1-5H3,(H2,26,28,31)/t17-/m0/s1. The SMILES string of the molecule is CC(C)S(O)(O)Cc1cc(N2CCOC[C@@H]2C)nc(-c2ccc(NC(=O)NC(C)(C)CO)cc2)n1. The van der Waals surface area contributed by atoms with Crippen molar-refractivity contribution in [2.24, 2.45) is 0 Å². The van der Waals surface area contributed by atoms with Crippen LogP contribution >= 0.6 is 10.6 Å². The topological polar surface area (TPSA) is 140 Å². The van der Waals surface area contributed by atoms with Crippen molar-refractivity contribution in [2.45, 2.75) is 57.2 Å². The molecular weight excluding hydrogens is 470 g/mol. The van der Waals surface area contributed by atoms with Gasteiger partial charge in [-0.15, -0.1) is 0 Å². The molecule has 1 fully saturated rings. The molecule has 0 bridgehead atoms. The third-order valence-electron chi connectivity index (χ3n) is 5.79. The van der Waals surface area contributed by atoms with Gasteiger partial charge in [0.15, 0.2) is 5.82 Å². The van der Waals surface area contributed by atoms with Crippen LogP contribution in [0.5, 0.6) is 0 Å². The van der Waals surface area contributed by atoms with Crippen LogP contribution in [0.1, 0.15) is 40.3 Å². The van der Waals surface area contributed by atoms with Crippen molar-refractivity contribution in [1.82, 2.24) is 15.3 Å². The molecule has 1 aliphatic rings. The normalized spacial score (nSPS) is 17.4. The van der Waals surface area contributed by atoms with Crippen molar-refractivity contribution in [3.8, 4) is 11.4 Å². The van der Waals surface area contributed by atoms with E-state index in [2.05, 4.69) is 27.4 Å². The second-order valence-corrected chi connectivity index (χ2v) is 12.4. The number of benzene rings is 1. The molecule has 0 spiro atoms. The first kappa shape index (κ1) is 27.2. The zero-order chi connectivity index (χ0) is 25.8. The predicted molar refractivity (Wildman–Crippen MR) is 140 cm³/mol. The van der Waals surface area contributed by atoms with E-state index < -0.39 is 22.2 Å². The molecule has 194 valence electrons. The summed E-state index contributed by atoms with van der Waals surface area (Å²) in [6, 6.07) is 8.63. The van der Waals surface area contributed by atoms with Crippen molar-refractivity contribution in [2.75, 3.05) is 36.6 Å². The molecule has 3 rings (SSSR count). The van der Waals surface area contributed by atoms with E-state index in [1.54, 1.807) is 52.0 Å². The molecule has 0 radical (unpaired) electrons. The zero-order valence-electron chi connectivity index (χ0n) is 21.0. The van der Waals surface area contributed by atoms with Gasteiger partial charge >= 0.3 is 6.03 Å². The highest BCUT2D eigenvalue weighted by atomic mass is 32.3. The minimum atomic E-state index is -2.85. The summed E-state index contributed by atoms with van der Waals surface area (Å²) < 4.78 is 26.7. The van der Waals surface area contributed by atoms with E-state index in [1.807, 2.05) is 6.07 Å². The number of aliphatic hydroxyl groups is 1. The van der Waals surface area contributed by atoms with Crippen molar-refractivity contribution in [3.05, 3.63) is 36.0 Å². The number of carbonyl (C=O) groups excluding carboxylic acids is 1. The van der Waals surface area contributed by atoms with Gasteiger partial charge in [0, 0.05) is 29.1 Å². The maximum atomic E-state index is 12.2. The van der Waals surface area contributed by atoms with E-state index in [9.17, 15) is 19.0 Å². The number of amides is 2. The van der Waals surface area contributed by atoms with Crippen molar-refractivity contribution >= 4 is 28.1 Å². The number of rotatable bonds is 8. The molecule has 10 nitrogen and oxygen atoms in total. The molecule has 0 unspecified atom stereocenters. The van der Waals surface area contributed by atoms with E-state index in [1.165, 1.54) is 0 Å². The lowest BCUT2D eigenvalue weighted by Crippen LogP contribution is -2.48. The molecule has 11 heteroatoms. The number of aliphatic hydroxyl groups excluding tert-OH is 1. The van der Waals surface area contributed by atoms with Gasteiger partial charge in [-0.2, -0.15) is 10.6 Å². The van der Waals surface area contributed by atoms with Crippen molar-refractivity contribution in [3.63, 3.8) is 0 Å². The van der Waals surface area contributed by atoms with Gasteiger partial charge in [0.2, 0.25) is 0 Å². The van der Waals surface area contributed by atoms with Crippen LogP contribution in [0, 0.1) is 0 Å². The molecule has 2 aromatic rings. The second kappa shape index (κ2) is 11.1. The summed E-state index contributed by atoms with van der Waals surface area (Å²) in [5, 5.41) is 14.5. The number of carbonyl (C=O) groups is 1. The summed E-state index contributed by atoms with van der Waals surface area (Å²) in [7, 11) is -2.85. The Balaban J connectivity index is 1.88. The van der Waals surface area contributed by atoms with Gasteiger partial charge in [0.1, 0.15) is 5.82 Å². The van der Waals surface area contributed by atoms with Gasteiger partial charge < -0.3 is 25.4 Å². The molecule has 5 N–H and O–H groups in total. The third kappa shape index (κ3) is 7.28. The minimum Gasteiger partial charge on any atom is -0.394 e. The van der Waals surface area contributed by atoms with E-state index >= 15 is 0 Å². The summed E-state index contributed by atoms with van der Waals surface area (Å²) in [4.78, 5) is 23.8. The summed E-state index contributed by atoms with van der Waals surface area (Å²) in [6.45, 7) is 10.8. The Morgan fingerprint density at radius 1 is 1.26 bits per heavy atom. The van der Waals surface area contributed by atoms with Crippen LogP contribution in [-0.4, -0.2) is 73.4 Å². The van der Waals surface area contributed by atoms with E-state index in [4.69, 9.17) is 9.72 Å². The number of anilines is 2. The van der Waals surface area contributed by atoms with Gasteiger partial charge in [-0.1, -0.05) is 0 Å². The highest BCUT2D eigenvalue weighted by Crippen LogP contribution is 2.47. The molecule has 1 saturated heterocycles. The quantitative estimate of drug-likeness (QED) is 0.362. The molecule has 1 aromatic carbocycles. The van der Waals surface area contributed by atoms with Gasteiger partial charge in [-0.25, -0.2) is 14.8 Å². The highest BCUT2D eigenvalue weighted by Gasteiger charge is 2.25. The Bertz CT molecular complexity index is 1020. The smallest absolute Gasteiger partial charge is 0.319 e. The van der Waals surface area contributed by atoms with Gasteiger partial charge in [0.25, 0.3) is 0 Å². The van der Waals surface area contributed by atoms with E-state index in [0.29, 0.717) is 42.8 Å². The lowest BCUT2D eigenvalue weighted by molar-refractivity contribution is 0.0985. The number of nitrogens with one attached hydrogen (secondary N) is 2. The molecular formula is C24H37N5O5S. The maximum Gasteiger partial charge on any atom is 0.319 e. The van der Waals surface area contributed by atoms with Crippen molar-refractivity contribution in [1.29, 1.82) is 0 Å². The molecule has 35 heavy (non-hydrogen) atoms. The molecule has 1 aromatic heterocycles. The predicted octanol–water partition coefficient (Wildman–Crippen LogP) is 3.92. The molecule has 1 atom stereocenters. The lowest BCUT2D eigenvalue weighted by atomic mass is 10.1. The number of nitrogens with zero attached hydrogens (tertiary/aromatic N) is 3. The first-order valence-corrected chi connectivity index (χ1v) is 13.5. The summed E-state index contributed by atoms with van der Waals surface area (Å²) in [5.41, 5.74) is 1.13. The number of urea groups is 1. The van der Waals surface area contributed by atoms with E-state index in [0.717, 1.165) is 5.56 Å². The number of aromatic nitrogens is 2. The number of ether oxygens (including phenoxy) is 1. The maximum absolute atomic E-state index is 12.2. The fourth-order valence-electron chi connectivity index (χ4n) is 3.50. The third-order valence-corrected chi connectivity index (χ3v) is 8.02. The van der Waals surface area contributed by atoms with Crippen LogP contribution in [0.25, 0.3) is 11.4 Å². The minimum absolute atomic E-state index is 0.0480. The molecule has 2 amide bonds. The molecule has 0 saturated carbocycles. The van der Waals surface area contributed by atoms with Gasteiger partial charge in [0.05, 0.1) is 42.8 Å². The summed E-state index contributed by atoms with van der Waals surface area (Å²) in [6.07, 6.45) is 0. The zero-order valence-corrected chi connectivity index (χ0v) is 21.8. The van der Waals surface area contributed by atoms with Crippen LogP contribution in [0.3, 0.4) is 0 Å². The molecule has 0 aliphatic carbocycles. The van der Waals surface area contributed by atoms with Crippen LogP contribution < -0.4 is 15.5 Å². The Hall–Kier alpha value is -2.44. The summed E-state index contributed by atoms with van der Waals surface area (Å²) >= 11 is 0. The van der Waals surface area contributed by atoms with Crippen LogP contribution in [0.15, 0.2) is 30.3 Å². The molecule has 1 aliphatic heterocycles. The Morgan fingerprint density at radius 2 is 1.94 bits per heavy atom. The van der Waals surface area contributed by atoms with Crippen LogP contribution in [0.4, 0.5) is 16.3 Å². The number of morpholine rings is 1. The Morgan fingerprint density at radius 3 is 2.54 bits per heavy atom. The summed E-state index contributed by atoms with van der Waals surface area (Å²) in [5.74, 6) is 1.23. The fraction of sp³-hybridized carbons (Fsp3) is 0.542. The second-order valence-electron chi connectivity index (χ2n) is 9.77. The van der Waals surface area contributed by atoms with Crippen LogP contribution in [0.2, 0.25) is 0 Å². The fourth-order valence-corrected chi connectivity index (χ4v) is 4.41. The Kier molecular flexibility index (Phi) is 8.60. The largest absolute Gasteiger partial charge is 0.394 e.